The Kier molecular flexibility index (Phi) is 3.54. The molecule has 1 N–H and O–H groups in total. The van der Waals surface area contributed by atoms with E-state index in [1.807, 2.05) is 7.05 Å². The van der Waals surface area contributed by atoms with Crippen molar-refractivity contribution in [3.63, 3.8) is 0 Å². The number of hydrogen-bond acceptors (Lipinski definition) is 2. The second kappa shape index (κ2) is 4.94. The molecule has 0 bridgehead atoms. The molecule has 1 saturated heterocycles. The van der Waals surface area contributed by atoms with Gasteiger partial charge >= 0.3 is 12.0 Å². The lowest BCUT2D eigenvalue weighted by Crippen LogP contribution is -2.58. The smallest absolute Gasteiger partial charge is 0.320 e. The Morgan fingerprint density at radius 1 is 1.18 bits per heavy atom. The SMILES string of the molecule is CN(C(=O)N1CC(C(=O)O)C1)C1CCCCC1. The van der Waals surface area contributed by atoms with Gasteiger partial charge in [0.05, 0.1) is 5.92 Å². The number of aliphatic carboxylic acids is 1. The number of carbonyl (C=O) groups is 2. The average molecular weight is 240 g/mol. The van der Waals surface area contributed by atoms with Gasteiger partial charge in [0.1, 0.15) is 0 Å². The van der Waals surface area contributed by atoms with Crippen LogP contribution in [-0.4, -0.2) is 53.1 Å². The third-order valence-electron chi connectivity index (χ3n) is 3.93. The summed E-state index contributed by atoms with van der Waals surface area (Å²) < 4.78 is 0. The van der Waals surface area contributed by atoms with Crippen LogP contribution in [0, 0.1) is 5.92 Å². The van der Waals surface area contributed by atoms with E-state index in [4.69, 9.17) is 5.11 Å². The standard InChI is InChI=1S/C12H20N2O3/c1-13(10-5-3-2-4-6-10)12(17)14-7-9(8-14)11(15)16/h9-10H,2-8H2,1H3,(H,15,16). The monoisotopic (exact) mass is 240 g/mol. The predicted molar refractivity (Wildman–Crippen MR) is 62.7 cm³/mol. The Labute approximate surface area is 101 Å². The number of nitrogens with zero attached hydrogens (tertiary/aromatic N) is 2. The zero-order valence-corrected chi connectivity index (χ0v) is 10.3. The maximum atomic E-state index is 12.1. The highest BCUT2D eigenvalue weighted by molar-refractivity contribution is 5.79. The summed E-state index contributed by atoms with van der Waals surface area (Å²) in [4.78, 5) is 26.2. The summed E-state index contributed by atoms with van der Waals surface area (Å²) in [7, 11) is 1.84. The summed E-state index contributed by atoms with van der Waals surface area (Å²) in [5.41, 5.74) is 0. The third-order valence-corrected chi connectivity index (χ3v) is 3.93. The van der Waals surface area contributed by atoms with Crippen LogP contribution in [0.1, 0.15) is 32.1 Å². The molecule has 1 aliphatic heterocycles. The van der Waals surface area contributed by atoms with Crippen molar-refractivity contribution < 1.29 is 14.7 Å². The molecule has 1 heterocycles. The normalized spacial score (nSPS) is 22.1. The number of carboxylic acids is 1. The van der Waals surface area contributed by atoms with Crippen molar-refractivity contribution in [1.82, 2.24) is 9.80 Å². The minimum Gasteiger partial charge on any atom is -0.481 e. The number of rotatable bonds is 2. The number of carbonyl (C=O) groups excluding carboxylic acids is 1. The molecule has 2 rings (SSSR count). The first-order valence-electron chi connectivity index (χ1n) is 6.34. The van der Waals surface area contributed by atoms with Crippen molar-refractivity contribution in [2.45, 2.75) is 38.1 Å². The zero-order valence-electron chi connectivity index (χ0n) is 10.3. The summed E-state index contributed by atoms with van der Waals surface area (Å²) in [6.45, 7) is 0.733. The van der Waals surface area contributed by atoms with E-state index in [1.54, 1.807) is 9.80 Å². The summed E-state index contributed by atoms with van der Waals surface area (Å²) in [6.07, 6.45) is 5.82. The van der Waals surface area contributed by atoms with Crippen molar-refractivity contribution >= 4 is 12.0 Å². The second-order valence-electron chi connectivity index (χ2n) is 5.13. The molecule has 96 valence electrons. The van der Waals surface area contributed by atoms with Crippen molar-refractivity contribution in [3.05, 3.63) is 0 Å². The first kappa shape index (κ1) is 12.2. The predicted octanol–water partition coefficient (Wildman–Crippen LogP) is 1.39. The van der Waals surface area contributed by atoms with E-state index in [0.717, 1.165) is 12.8 Å². The number of carboxylic acid groups (broad SMARTS) is 1. The third kappa shape index (κ3) is 2.53. The molecular formula is C12H20N2O3. The van der Waals surface area contributed by atoms with Crippen molar-refractivity contribution in [3.8, 4) is 0 Å². The van der Waals surface area contributed by atoms with Gasteiger partial charge in [-0.2, -0.15) is 0 Å². The van der Waals surface area contributed by atoms with Gasteiger partial charge < -0.3 is 14.9 Å². The molecule has 0 aromatic heterocycles. The van der Waals surface area contributed by atoms with E-state index in [1.165, 1.54) is 19.3 Å². The molecule has 5 nitrogen and oxygen atoms in total. The fourth-order valence-electron chi connectivity index (χ4n) is 2.64. The molecule has 0 atom stereocenters. The van der Waals surface area contributed by atoms with E-state index in [-0.39, 0.29) is 11.9 Å². The molecule has 0 spiro atoms. The van der Waals surface area contributed by atoms with E-state index in [0.29, 0.717) is 19.1 Å². The minimum atomic E-state index is -0.797. The number of amides is 2. The summed E-state index contributed by atoms with van der Waals surface area (Å²) in [5.74, 6) is -1.16. The van der Waals surface area contributed by atoms with Gasteiger partial charge in [-0.3, -0.25) is 4.79 Å². The van der Waals surface area contributed by atoms with Gasteiger partial charge in [-0.25, -0.2) is 4.79 Å². The van der Waals surface area contributed by atoms with Crippen LogP contribution in [0.3, 0.4) is 0 Å². The lowest BCUT2D eigenvalue weighted by Gasteiger charge is -2.41. The molecule has 1 saturated carbocycles. The lowest BCUT2D eigenvalue weighted by molar-refractivity contribution is -0.146. The van der Waals surface area contributed by atoms with Gasteiger partial charge in [0, 0.05) is 26.2 Å². The molecule has 0 radical (unpaired) electrons. The molecule has 2 fully saturated rings. The molecule has 5 heteroatoms. The van der Waals surface area contributed by atoms with Gasteiger partial charge in [0.15, 0.2) is 0 Å². The topological polar surface area (TPSA) is 60.9 Å². The van der Waals surface area contributed by atoms with Crippen LogP contribution < -0.4 is 0 Å². The van der Waals surface area contributed by atoms with Crippen LogP contribution in [0.25, 0.3) is 0 Å². The maximum absolute atomic E-state index is 12.1. The molecule has 0 unspecified atom stereocenters. The lowest BCUT2D eigenvalue weighted by atomic mass is 9.94. The first-order chi connectivity index (χ1) is 8.09. The van der Waals surface area contributed by atoms with E-state index in [9.17, 15) is 9.59 Å². The molecule has 1 aliphatic carbocycles. The molecule has 2 aliphatic rings. The van der Waals surface area contributed by atoms with Gasteiger partial charge in [-0.05, 0) is 12.8 Å². The number of likely N-dealkylation sites (tertiary alicyclic amines) is 1. The van der Waals surface area contributed by atoms with Gasteiger partial charge in [0.25, 0.3) is 0 Å². The van der Waals surface area contributed by atoms with Crippen LogP contribution >= 0.6 is 0 Å². The second-order valence-corrected chi connectivity index (χ2v) is 5.13. The fraction of sp³-hybridized carbons (Fsp3) is 0.833. The van der Waals surface area contributed by atoms with E-state index in [2.05, 4.69) is 0 Å². The van der Waals surface area contributed by atoms with Crippen LogP contribution in [0.5, 0.6) is 0 Å². The summed E-state index contributed by atoms with van der Waals surface area (Å²) >= 11 is 0. The Bertz CT molecular complexity index is 307. The van der Waals surface area contributed by atoms with Crippen LogP contribution in [0.15, 0.2) is 0 Å². The van der Waals surface area contributed by atoms with Crippen LogP contribution in [0.2, 0.25) is 0 Å². The molecule has 17 heavy (non-hydrogen) atoms. The van der Waals surface area contributed by atoms with Crippen molar-refractivity contribution in [1.29, 1.82) is 0 Å². The van der Waals surface area contributed by atoms with Gasteiger partial charge in [0.2, 0.25) is 0 Å². The van der Waals surface area contributed by atoms with Crippen LogP contribution in [-0.2, 0) is 4.79 Å². The summed E-state index contributed by atoms with van der Waals surface area (Å²) in [6, 6.07) is 0.342. The Morgan fingerprint density at radius 3 is 2.29 bits per heavy atom. The number of hydrogen-bond donors (Lipinski definition) is 1. The fourth-order valence-corrected chi connectivity index (χ4v) is 2.64. The largest absolute Gasteiger partial charge is 0.481 e. The Balaban J connectivity index is 1.82. The number of urea groups is 1. The minimum absolute atomic E-state index is 0.00519. The highest BCUT2D eigenvalue weighted by Crippen LogP contribution is 2.24. The zero-order chi connectivity index (χ0) is 12.4. The first-order valence-corrected chi connectivity index (χ1v) is 6.34. The van der Waals surface area contributed by atoms with Gasteiger partial charge in [-0.15, -0.1) is 0 Å². The highest BCUT2D eigenvalue weighted by atomic mass is 16.4. The van der Waals surface area contributed by atoms with Crippen molar-refractivity contribution in [2.24, 2.45) is 5.92 Å². The molecule has 2 amide bonds. The van der Waals surface area contributed by atoms with Crippen molar-refractivity contribution in [2.75, 3.05) is 20.1 Å². The quantitative estimate of drug-likeness (QED) is 0.793. The highest BCUT2D eigenvalue weighted by Gasteiger charge is 2.38. The Morgan fingerprint density at radius 2 is 1.76 bits per heavy atom. The van der Waals surface area contributed by atoms with Crippen LogP contribution in [0.4, 0.5) is 4.79 Å². The van der Waals surface area contributed by atoms with Gasteiger partial charge in [-0.1, -0.05) is 19.3 Å². The Hall–Kier alpha value is -1.26. The maximum Gasteiger partial charge on any atom is 0.320 e. The summed E-state index contributed by atoms with van der Waals surface area (Å²) in [5, 5.41) is 8.77. The average Bonchev–Trinajstić information content (AvgIpc) is 2.26. The molecular weight excluding hydrogens is 220 g/mol. The molecule has 0 aromatic rings. The van der Waals surface area contributed by atoms with E-state index >= 15 is 0 Å². The molecule has 0 aromatic carbocycles. The van der Waals surface area contributed by atoms with E-state index < -0.39 is 5.97 Å².